The van der Waals surface area contributed by atoms with E-state index < -0.39 is 0 Å². The number of rotatable bonds is 6. The Labute approximate surface area is 195 Å². The predicted octanol–water partition coefficient (Wildman–Crippen LogP) is 5.99. The molecule has 33 heavy (non-hydrogen) atoms. The van der Waals surface area contributed by atoms with Gasteiger partial charge in [0.05, 0.1) is 12.2 Å². The van der Waals surface area contributed by atoms with Crippen molar-refractivity contribution in [3.63, 3.8) is 0 Å². The van der Waals surface area contributed by atoms with E-state index in [1.165, 1.54) is 0 Å². The molecule has 2 heterocycles. The lowest BCUT2D eigenvalue weighted by Crippen LogP contribution is -2.29. The fourth-order valence-electron chi connectivity index (χ4n) is 3.62. The van der Waals surface area contributed by atoms with Gasteiger partial charge in [0, 0.05) is 29.6 Å². The van der Waals surface area contributed by atoms with Gasteiger partial charge in [-0.05, 0) is 66.2 Å². The Morgan fingerprint density at radius 3 is 2.39 bits per heavy atom. The number of hydrogen-bond donors (Lipinski definition) is 1. The van der Waals surface area contributed by atoms with Gasteiger partial charge in [-0.2, -0.15) is 0 Å². The average molecular weight is 459 g/mol. The molecule has 0 radical (unpaired) electrons. The van der Waals surface area contributed by atoms with Crippen LogP contribution in [-0.4, -0.2) is 22.5 Å². The number of anilines is 1. The topological polar surface area (TPSA) is 76.6 Å². The Morgan fingerprint density at radius 2 is 1.67 bits per heavy atom. The molecule has 164 valence electrons. The van der Waals surface area contributed by atoms with Crippen molar-refractivity contribution >= 4 is 23.3 Å². The number of ether oxygens (including phenoxy) is 2. The summed E-state index contributed by atoms with van der Waals surface area (Å²) in [6, 6.07) is 21.8. The first kappa shape index (κ1) is 20.8. The minimum atomic E-state index is -0.189. The molecule has 1 saturated heterocycles. The SMILES string of the molecule is O=C1NCC(c2cccc(Oc3cnccn3)c2)N1c1ccc(Oc2ccc(Cl)cc2)cc1. The molecule has 5 rings (SSSR count). The van der Waals surface area contributed by atoms with Gasteiger partial charge < -0.3 is 14.8 Å². The minimum absolute atomic E-state index is 0.161. The van der Waals surface area contributed by atoms with Gasteiger partial charge in [0.25, 0.3) is 0 Å². The molecule has 1 N–H and O–H groups in total. The Bertz CT molecular complexity index is 1250. The second-order valence-corrected chi connectivity index (χ2v) is 7.78. The highest BCUT2D eigenvalue weighted by Crippen LogP contribution is 2.34. The summed E-state index contributed by atoms with van der Waals surface area (Å²) in [7, 11) is 0. The summed E-state index contributed by atoms with van der Waals surface area (Å²) in [5.41, 5.74) is 1.70. The highest BCUT2D eigenvalue weighted by atomic mass is 35.5. The second-order valence-electron chi connectivity index (χ2n) is 7.34. The van der Waals surface area contributed by atoms with Gasteiger partial charge in [-0.25, -0.2) is 9.78 Å². The van der Waals surface area contributed by atoms with Crippen molar-refractivity contribution in [2.24, 2.45) is 0 Å². The average Bonchev–Trinajstić information content (AvgIpc) is 3.23. The number of urea groups is 1. The summed E-state index contributed by atoms with van der Waals surface area (Å²) in [5.74, 6) is 2.38. The largest absolute Gasteiger partial charge is 0.457 e. The molecular weight excluding hydrogens is 440 g/mol. The zero-order valence-electron chi connectivity index (χ0n) is 17.4. The first-order valence-electron chi connectivity index (χ1n) is 10.3. The van der Waals surface area contributed by atoms with Gasteiger partial charge in [0.15, 0.2) is 0 Å². The second kappa shape index (κ2) is 9.18. The van der Waals surface area contributed by atoms with Gasteiger partial charge in [-0.15, -0.1) is 0 Å². The molecule has 1 aliphatic heterocycles. The van der Waals surface area contributed by atoms with Crippen molar-refractivity contribution in [1.82, 2.24) is 15.3 Å². The van der Waals surface area contributed by atoms with Gasteiger partial charge in [-0.1, -0.05) is 23.7 Å². The molecule has 7 nitrogen and oxygen atoms in total. The minimum Gasteiger partial charge on any atom is -0.457 e. The van der Waals surface area contributed by atoms with Gasteiger partial charge in [0.1, 0.15) is 17.2 Å². The third-order valence-corrected chi connectivity index (χ3v) is 5.40. The van der Waals surface area contributed by atoms with Crippen LogP contribution in [0.4, 0.5) is 10.5 Å². The molecule has 0 saturated carbocycles. The molecule has 0 spiro atoms. The molecule has 0 bridgehead atoms. The molecule has 8 heteroatoms. The van der Waals surface area contributed by atoms with E-state index in [-0.39, 0.29) is 12.1 Å². The van der Waals surface area contributed by atoms with Crippen LogP contribution < -0.4 is 19.7 Å². The van der Waals surface area contributed by atoms with Crippen LogP contribution in [0.15, 0.2) is 91.4 Å². The van der Waals surface area contributed by atoms with Crippen molar-refractivity contribution in [1.29, 1.82) is 0 Å². The normalized spacial score (nSPS) is 15.2. The lowest BCUT2D eigenvalue weighted by molar-refractivity contribution is 0.251. The van der Waals surface area contributed by atoms with Crippen LogP contribution in [0.25, 0.3) is 0 Å². The highest BCUT2D eigenvalue weighted by molar-refractivity contribution is 6.30. The lowest BCUT2D eigenvalue weighted by Gasteiger charge is -2.24. The molecule has 1 atom stereocenters. The van der Waals surface area contributed by atoms with E-state index in [1.54, 1.807) is 47.8 Å². The van der Waals surface area contributed by atoms with Gasteiger partial charge >= 0.3 is 6.03 Å². The summed E-state index contributed by atoms with van der Waals surface area (Å²) >= 11 is 5.92. The van der Waals surface area contributed by atoms with Crippen molar-refractivity contribution in [2.45, 2.75) is 6.04 Å². The first-order chi connectivity index (χ1) is 16.2. The van der Waals surface area contributed by atoms with E-state index in [1.807, 2.05) is 48.5 Å². The number of benzene rings is 3. The van der Waals surface area contributed by atoms with Crippen LogP contribution in [0.3, 0.4) is 0 Å². The van der Waals surface area contributed by atoms with Gasteiger partial charge in [-0.3, -0.25) is 9.88 Å². The summed E-state index contributed by atoms with van der Waals surface area (Å²) in [5, 5.41) is 3.57. The van der Waals surface area contributed by atoms with Crippen LogP contribution in [0.5, 0.6) is 23.1 Å². The molecule has 1 fully saturated rings. The van der Waals surface area contributed by atoms with Crippen LogP contribution >= 0.6 is 11.6 Å². The monoisotopic (exact) mass is 458 g/mol. The molecular formula is C25H19ClN4O3. The number of nitrogens with one attached hydrogen (secondary N) is 1. The summed E-state index contributed by atoms with van der Waals surface area (Å²) < 4.78 is 11.7. The van der Waals surface area contributed by atoms with Crippen molar-refractivity contribution < 1.29 is 14.3 Å². The van der Waals surface area contributed by atoms with Crippen molar-refractivity contribution in [3.05, 3.63) is 102 Å². The molecule has 2 amide bonds. The molecule has 0 aliphatic carbocycles. The van der Waals surface area contributed by atoms with E-state index in [9.17, 15) is 4.79 Å². The summed E-state index contributed by atoms with van der Waals surface area (Å²) in [6.45, 7) is 0.483. The lowest BCUT2D eigenvalue weighted by atomic mass is 10.1. The van der Waals surface area contributed by atoms with E-state index >= 15 is 0 Å². The van der Waals surface area contributed by atoms with Crippen LogP contribution in [0, 0.1) is 0 Å². The van der Waals surface area contributed by atoms with Gasteiger partial charge in [0.2, 0.25) is 5.88 Å². The predicted molar refractivity (Wildman–Crippen MR) is 125 cm³/mol. The summed E-state index contributed by atoms with van der Waals surface area (Å²) in [6.07, 6.45) is 4.71. The summed E-state index contributed by atoms with van der Waals surface area (Å²) in [4.78, 5) is 22.5. The van der Waals surface area contributed by atoms with E-state index in [2.05, 4.69) is 15.3 Å². The molecule has 1 aliphatic rings. The van der Waals surface area contributed by atoms with E-state index in [0.717, 1.165) is 11.3 Å². The Hall–Kier alpha value is -4.10. The Balaban J connectivity index is 1.35. The maximum Gasteiger partial charge on any atom is 0.322 e. The Kier molecular flexibility index (Phi) is 5.78. The number of hydrogen-bond acceptors (Lipinski definition) is 5. The fourth-order valence-corrected chi connectivity index (χ4v) is 3.75. The van der Waals surface area contributed by atoms with E-state index in [4.69, 9.17) is 21.1 Å². The zero-order valence-corrected chi connectivity index (χ0v) is 18.1. The number of carbonyl (C=O) groups excluding carboxylic acids is 1. The number of halogens is 1. The van der Waals surface area contributed by atoms with Crippen LogP contribution in [-0.2, 0) is 0 Å². The molecule has 1 unspecified atom stereocenters. The third-order valence-electron chi connectivity index (χ3n) is 5.15. The maximum absolute atomic E-state index is 12.7. The first-order valence-corrected chi connectivity index (χ1v) is 10.7. The quantitative estimate of drug-likeness (QED) is 0.384. The molecule has 1 aromatic heterocycles. The third kappa shape index (κ3) is 4.73. The number of carbonyl (C=O) groups is 1. The number of amides is 2. The maximum atomic E-state index is 12.7. The number of aromatic nitrogens is 2. The van der Waals surface area contributed by atoms with Crippen molar-refractivity contribution in [3.8, 4) is 23.1 Å². The van der Waals surface area contributed by atoms with Crippen molar-refractivity contribution in [2.75, 3.05) is 11.4 Å². The fraction of sp³-hybridized carbons (Fsp3) is 0.0800. The van der Waals surface area contributed by atoms with Crippen LogP contribution in [0.2, 0.25) is 5.02 Å². The molecule has 3 aromatic carbocycles. The zero-order chi connectivity index (χ0) is 22.6. The standard InChI is InChI=1S/C25H19ClN4O3/c26-18-4-8-20(9-5-18)32-21-10-6-19(7-11-21)30-23(15-29-25(30)31)17-2-1-3-22(14-17)33-24-16-27-12-13-28-24/h1-14,16,23H,15H2,(H,29,31). The number of nitrogens with zero attached hydrogens (tertiary/aromatic N) is 3. The van der Waals surface area contributed by atoms with Crippen LogP contribution in [0.1, 0.15) is 11.6 Å². The smallest absolute Gasteiger partial charge is 0.322 e. The highest BCUT2D eigenvalue weighted by Gasteiger charge is 2.33. The van der Waals surface area contributed by atoms with E-state index in [0.29, 0.717) is 34.7 Å². The molecule has 4 aromatic rings. The Morgan fingerprint density at radius 1 is 0.909 bits per heavy atom.